The molecule has 1 aromatic carbocycles. The molecule has 0 unspecified atom stereocenters. The van der Waals surface area contributed by atoms with Crippen molar-refractivity contribution >= 4 is 0 Å². The Kier molecular flexibility index (Phi) is 6.44. The molecular formula is C26H36N2. The van der Waals surface area contributed by atoms with E-state index in [0.717, 1.165) is 23.4 Å². The third-order valence-corrected chi connectivity index (χ3v) is 7.63. The molecule has 2 aliphatic rings. The van der Waals surface area contributed by atoms with Crippen molar-refractivity contribution in [2.45, 2.75) is 89.9 Å². The molecule has 4 rings (SSSR count). The number of benzene rings is 1. The Morgan fingerprint density at radius 2 is 1.21 bits per heavy atom. The summed E-state index contributed by atoms with van der Waals surface area (Å²) >= 11 is 0. The van der Waals surface area contributed by atoms with Crippen molar-refractivity contribution in [3.8, 4) is 11.3 Å². The van der Waals surface area contributed by atoms with Crippen molar-refractivity contribution in [3.63, 3.8) is 0 Å². The number of hydrogen-bond acceptors (Lipinski definition) is 2. The summed E-state index contributed by atoms with van der Waals surface area (Å²) in [4.78, 5) is 0. The van der Waals surface area contributed by atoms with Crippen LogP contribution >= 0.6 is 0 Å². The first kappa shape index (κ1) is 19.6. The average Bonchev–Trinajstić information content (AvgIpc) is 2.79. The highest BCUT2D eigenvalue weighted by atomic mass is 15.1. The molecule has 150 valence electrons. The average molecular weight is 377 g/mol. The van der Waals surface area contributed by atoms with Crippen molar-refractivity contribution in [3.05, 3.63) is 47.7 Å². The third kappa shape index (κ3) is 4.47. The van der Waals surface area contributed by atoms with Gasteiger partial charge in [-0.15, -0.1) is 0 Å². The van der Waals surface area contributed by atoms with Gasteiger partial charge in [-0.2, -0.15) is 10.2 Å². The number of rotatable bonds is 5. The van der Waals surface area contributed by atoms with Crippen molar-refractivity contribution < 1.29 is 0 Å². The van der Waals surface area contributed by atoms with E-state index in [0.29, 0.717) is 5.92 Å². The Morgan fingerprint density at radius 1 is 0.643 bits per heavy atom. The van der Waals surface area contributed by atoms with E-state index in [1.807, 2.05) is 0 Å². The Hall–Kier alpha value is -1.70. The first-order valence-electron chi connectivity index (χ1n) is 11.7. The molecule has 0 radical (unpaired) electrons. The van der Waals surface area contributed by atoms with E-state index in [9.17, 15) is 0 Å². The lowest BCUT2D eigenvalue weighted by atomic mass is 9.78. The standard InChI is InChI=1S/C26H36N2/c1-3-19-5-9-21(10-6-19)22-13-15-24(16-14-22)26-18-17-25(27-28-26)23-11-7-20(4-2)8-12-23/h13-21,23H,3-12H2,1-2H3. The van der Waals surface area contributed by atoms with Crippen LogP contribution in [-0.4, -0.2) is 10.2 Å². The lowest BCUT2D eigenvalue weighted by Crippen LogP contribution is -2.14. The third-order valence-electron chi connectivity index (χ3n) is 7.63. The molecule has 2 nitrogen and oxygen atoms in total. The lowest BCUT2D eigenvalue weighted by molar-refractivity contribution is 0.315. The van der Waals surface area contributed by atoms with Crippen molar-refractivity contribution in [1.29, 1.82) is 0 Å². The molecule has 1 aromatic heterocycles. The second-order valence-electron chi connectivity index (χ2n) is 9.22. The van der Waals surface area contributed by atoms with E-state index >= 15 is 0 Å². The van der Waals surface area contributed by atoms with E-state index in [1.54, 1.807) is 0 Å². The summed E-state index contributed by atoms with van der Waals surface area (Å²) in [5.74, 6) is 3.26. The van der Waals surface area contributed by atoms with Crippen molar-refractivity contribution in [2.75, 3.05) is 0 Å². The largest absolute Gasteiger partial charge is 0.155 e. The highest BCUT2D eigenvalue weighted by Gasteiger charge is 2.23. The Labute approximate surface area is 171 Å². The fourth-order valence-corrected chi connectivity index (χ4v) is 5.41. The van der Waals surface area contributed by atoms with Crippen LogP contribution in [0, 0.1) is 11.8 Å². The zero-order chi connectivity index (χ0) is 19.3. The van der Waals surface area contributed by atoms with Crippen molar-refractivity contribution in [2.24, 2.45) is 11.8 Å². The molecule has 2 aromatic rings. The minimum absolute atomic E-state index is 0.616. The van der Waals surface area contributed by atoms with Gasteiger partial charge >= 0.3 is 0 Å². The van der Waals surface area contributed by atoms with Gasteiger partial charge in [-0.05, 0) is 86.8 Å². The van der Waals surface area contributed by atoms with Crippen LogP contribution in [0.2, 0.25) is 0 Å². The van der Waals surface area contributed by atoms with Gasteiger partial charge in [0.05, 0.1) is 11.4 Å². The number of nitrogens with zero attached hydrogens (tertiary/aromatic N) is 2. The van der Waals surface area contributed by atoms with Gasteiger partial charge in [0.2, 0.25) is 0 Å². The van der Waals surface area contributed by atoms with Gasteiger partial charge < -0.3 is 0 Å². The molecule has 28 heavy (non-hydrogen) atoms. The molecule has 0 spiro atoms. The highest BCUT2D eigenvalue weighted by molar-refractivity contribution is 5.59. The fourth-order valence-electron chi connectivity index (χ4n) is 5.41. The van der Waals surface area contributed by atoms with Crippen LogP contribution in [0.5, 0.6) is 0 Å². The highest BCUT2D eigenvalue weighted by Crippen LogP contribution is 2.38. The minimum atomic E-state index is 0.616. The minimum Gasteiger partial charge on any atom is -0.155 e. The number of aromatic nitrogens is 2. The molecule has 2 saturated carbocycles. The molecule has 0 saturated heterocycles. The fraction of sp³-hybridized carbons (Fsp3) is 0.615. The monoisotopic (exact) mass is 376 g/mol. The summed E-state index contributed by atoms with van der Waals surface area (Å²) in [6.45, 7) is 4.66. The maximum Gasteiger partial charge on any atom is 0.0929 e. The normalized spacial score (nSPS) is 28.2. The topological polar surface area (TPSA) is 25.8 Å². The van der Waals surface area contributed by atoms with Crippen LogP contribution in [0.3, 0.4) is 0 Å². The van der Waals surface area contributed by atoms with Gasteiger partial charge in [-0.25, -0.2) is 0 Å². The molecule has 0 amide bonds. The SMILES string of the molecule is CCC1CCC(c2ccc(-c3ccc(C4CCC(CC)CC4)nn3)cc2)CC1. The molecule has 2 fully saturated rings. The van der Waals surface area contributed by atoms with E-state index in [1.165, 1.54) is 81.0 Å². The van der Waals surface area contributed by atoms with Gasteiger partial charge in [0.1, 0.15) is 0 Å². The summed E-state index contributed by atoms with van der Waals surface area (Å²) in [6, 6.07) is 13.5. The van der Waals surface area contributed by atoms with Gasteiger partial charge in [-0.1, -0.05) is 51.0 Å². The van der Waals surface area contributed by atoms with Crippen LogP contribution in [0.4, 0.5) is 0 Å². The quantitative estimate of drug-likeness (QED) is 0.539. The summed E-state index contributed by atoms with van der Waals surface area (Å²) in [6.07, 6.45) is 13.4. The Bertz CT molecular complexity index is 653. The van der Waals surface area contributed by atoms with Crippen molar-refractivity contribution in [1.82, 2.24) is 10.2 Å². The summed E-state index contributed by atoms with van der Waals surface area (Å²) in [7, 11) is 0. The maximum absolute atomic E-state index is 4.61. The van der Waals surface area contributed by atoms with E-state index in [4.69, 9.17) is 0 Å². The van der Waals surface area contributed by atoms with Crippen LogP contribution in [0.25, 0.3) is 11.3 Å². The number of hydrogen-bond donors (Lipinski definition) is 0. The van der Waals surface area contributed by atoms with E-state index < -0.39 is 0 Å². The zero-order valence-electron chi connectivity index (χ0n) is 17.7. The molecular weight excluding hydrogens is 340 g/mol. The molecule has 1 heterocycles. The first-order valence-corrected chi connectivity index (χ1v) is 11.7. The second-order valence-corrected chi connectivity index (χ2v) is 9.22. The van der Waals surface area contributed by atoms with Crippen LogP contribution < -0.4 is 0 Å². The van der Waals surface area contributed by atoms with Gasteiger partial charge in [0.15, 0.2) is 0 Å². The molecule has 0 aliphatic heterocycles. The van der Waals surface area contributed by atoms with Crippen LogP contribution in [0.15, 0.2) is 36.4 Å². The molecule has 0 N–H and O–H groups in total. The molecule has 2 aliphatic carbocycles. The second kappa shape index (κ2) is 9.20. The predicted octanol–water partition coefficient (Wildman–Crippen LogP) is 7.51. The van der Waals surface area contributed by atoms with E-state index in [2.05, 4.69) is 60.4 Å². The van der Waals surface area contributed by atoms with Gasteiger partial charge in [0.25, 0.3) is 0 Å². The summed E-state index contributed by atoms with van der Waals surface area (Å²) in [5.41, 5.74) is 4.91. The molecule has 0 bridgehead atoms. The predicted molar refractivity (Wildman–Crippen MR) is 117 cm³/mol. The maximum atomic E-state index is 4.61. The van der Waals surface area contributed by atoms with E-state index in [-0.39, 0.29) is 0 Å². The van der Waals surface area contributed by atoms with Gasteiger partial charge in [-0.3, -0.25) is 0 Å². The Balaban J connectivity index is 1.38. The molecule has 0 atom stereocenters. The lowest BCUT2D eigenvalue weighted by Gasteiger charge is -2.28. The summed E-state index contributed by atoms with van der Waals surface area (Å²) in [5, 5.41) is 9.19. The van der Waals surface area contributed by atoms with Crippen LogP contribution in [0.1, 0.15) is 101 Å². The molecule has 2 heteroatoms. The zero-order valence-corrected chi connectivity index (χ0v) is 17.7. The van der Waals surface area contributed by atoms with Crippen LogP contribution in [-0.2, 0) is 0 Å². The Morgan fingerprint density at radius 3 is 1.71 bits per heavy atom. The smallest absolute Gasteiger partial charge is 0.0929 e. The summed E-state index contributed by atoms with van der Waals surface area (Å²) < 4.78 is 0. The van der Waals surface area contributed by atoms with Gasteiger partial charge in [0, 0.05) is 11.5 Å². The first-order chi connectivity index (χ1) is 13.8.